The lowest BCUT2D eigenvalue weighted by Crippen LogP contribution is -2.57. The number of halogens is 6. The van der Waals surface area contributed by atoms with Gasteiger partial charge in [-0.1, -0.05) is 18.2 Å². The number of hydrogen-bond donors (Lipinski definition) is 2. The number of nitrogens with zero attached hydrogens (tertiary/aromatic N) is 1. The highest BCUT2D eigenvalue weighted by molar-refractivity contribution is 5.87. The molecule has 1 aliphatic carbocycles. The molecule has 1 amide bonds. The summed E-state index contributed by atoms with van der Waals surface area (Å²) in [5, 5.41) is 11.2. The van der Waals surface area contributed by atoms with Gasteiger partial charge in [0, 0.05) is 5.56 Å². The summed E-state index contributed by atoms with van der Waals surface area (Å²) in [7, 11) is 1.00. The molecular formula is C22H26F6N2O4. The van der Waals surface area contributed by atoms with Gasteiger partial charge in [-0.15, -0.1) is 0 Å². The highest BCUT2D eigenvalue weighted by Crippen LogP contribution is 2.46. The molecule has 2 aliphatic rings. The van der Waals surface area contributed by atoms with E-state index in [1.54, 1.807) is 0 Å². The van der Waals surface area contributed by atoms with Crippen molar-refractivity contribution in [2.45, 2.75) is 38.5 Å². The minimum absolute atomic E-state index is 0.434. The number of ether oxygens (including phenoxy) is 1. The number of benzene rings is 1. The topological polar surface area (TPSA) is 78.9 Å². The molecule has 0 radical (unpaired) electrons. The van der Waals surface area contributed by atoms with Crippen molar-refractivity contribution in [2.24, 2.45) is 5.41 Å². The normalized spacial score (nSPS) is 17.7. The van der Waals surface area contributed by atoms with Gasteiger partial charge in [0.1, 0.15) is 17.7 Å². The number of rotatable bonds is 4. The van der Waals surface area contributed by atoms with Crippen molar-refractivity contribution in [3.8, 4) is 0 Å². The zero-order valence-corrected chi connectivity index (χ0v) is 18.6. The zero-order valence-electron chi connectivity index (χ0n) is 18.6. The lowest BCUT2D eigenvalue weighted by molar-refractivity contribution is -0.236. The summed E-state index contributed by atoms with van der Waals surface area (Å²) in [6, 6.07) is 6.01. The number of aliphatic hydroxyl groups is 1. The number of allylic oxidation sites excluding steroid dienone is 1. The number of esters is 1. The summed E-state index contributed by atoms with van der Waals surface area (Å²) in [6.07, 6.45) is -8.33. The third kappa shape index (κ3) is 6.64. The molecule has 0 bridgehead atoms. The Labute approximate surface area is 192 Å². The fourth-order valence-electron chi connectivity index (χ4n) is 3.90. The van der Waals surface area contributed by atoms with Gasteiger partial charge in [0.05, 0.1) is 13.7 Å². The standard InChI is InChI=1S/C12H16F6N2O3.C10H10O/c1-23-8(21)6-19-9(22)10(12(16,17)18)2-4-20(5-3-10)7-11(13,14)15;1-7-3-2-4-9-8(7)5-6-10(9)11/h2-7H2,1H3,(H,19,22);2-4,6,11H,5H2,1H3. The maximum Gasteiger partial charge on any atom is 0.403 e. The van der Waals surface area contributed by atoms with E-state index >= 15 is 0 Å². The average molecular weight is 496 g/mol. The van der Waals surface area contributed by atoms with Crippen LogP contribution in [0, 0.1) is 12.3 Å². The number of methoxy groups -OCH3 is 1. The van der Waals surface area contributed by atoms with Gasteiger partial charge < -0.3 is 15.2 Å². The number of piperidine rings is 1. The van der Waals surface area contributed by atoms with E-state index < -0.39 is 68.7 Å². The second kappa shape index (κ2) is 10.7. The molecule has 1 aromatic rings. The van der Waals surface area contributed by atoms with E-state index in [2.05, 4.69) is 17.7 Å². The van der Waals surface area contributed by atoms with Crippen molar-refractivity contribution in [1.82, 2.24) is 10.2 Å². The van der Waals surface area contributed by atoms with Crippen molar-refractivity contribution in [3.63, 3.8) is 0 Å². The molecule has 0 spiro atoms. The average Bonchev–Trinajstić information content (AvgIpc) is 3.13. The van der Waals surface area contributed by atoms with Crippen LogP contribution in [0.2, 0.25) is 0 Å². The van der Waals surface area contributed by atoms with Crippen LogP contribution in [0.25, 0.3) is 5.76 Å². The number of aliphatic hydroxyl groups excluding tert-OH is 1. The number of amides is 1. The molecule has 2 N–H and O–H groups in total. The summed E-state index contributed by atoms with van der Waals surface area (Å²) in [6.45, 7) is -1.04. The molecule has 1 heterocycles. The third-order valence-corrected chi connectivity index (χ3v) is 5.90. The molecule has 1 fully saturated rings. The molecule has 6 nitrogen and oxygen atoms in total. The van der Waals surface area contributed by atoms with Gasteiger partial charge >= 0.3 is 18.3 Å². The molecule has 0 saturated carbocycles. The zero-order chi connectivity index (χ0) is 25.7. The molecule has 0 unspecified atom stereocenters. The van der Waals surface area contributed by atoms with Gasteiger partial charge in [-0.3, -0.25) is 14.5 Å². The molecule has 34 heavy (non-hydrogen) atoms. The predicted molar refractivity (Wildman–Crippen MR) is 111 cm³/mol. The second-order valence-electron chi connectivity index (χ2n) is 8.12. The van der Waals surface area contributed by atoms with Crippen molar-refractivity contribution < 1.29 is 45.8 Å². The summed E-state index contributed by atoms with van der Waals surface area (Å²) in [5.41, 5.74) is 0.737. The molecule has 190 valence electrons. The van der Waals surface area contributed by atoms with Crippen molar-refractivity contribution >= 4 is 17.6 Å². The highest BCUT2D eigenvalue weighted by Gasteiger charge is 2.61. The Hall–Kier alpha value is -2.76. The fourth-order valence-corrected chi connectivity index (χ4v) is 3.90. The number of carbonyl (C=O) groups is 2. The number of carbonyl (C=O) groups excluding carboxylic acids is 2. The van der Waals surface area contributed by atoms with Crippen LogP contribution in [-0.2, 0) is 20.7 Å². The van der Waals surface area contributed by atoms with E-state index in [-0.39, 0.29) is 0 Å². The first-order valence-electron chi connectivity index (χ1n) is 10.4. The van der Waals surface area contributed by atoms with Crippen molar-refractivity contribution in [1.29, 1.82) is 0 Å². The monoisotopic (exact) mass is 496 g/mol. The molecule has 1 aromatic carbocycles. The van der Waals surface area contributed by atoms with Crippen LogP contribution >= 0.6 is 0 Å². The Balaban J connectivity index is 0.000000305. The molecule has 3 rings (SSSR count). The van der Waals surface area contributed by atoms with Crippen LogP contribution < -0.4 is 5.32 Å². The Morgan fingerprint density at radius 2 is 1.76 bits per heavy atom. The quantitative estimate of drug-likeness (QED) is 0.488. The first-order valence-corrected chi connectivity index (χ1v) is 10.4. The first-order chi connectivity index (χ1) is 15.7. The summed E-state index contributed by atoms with van der Waals surface area (Å²) >= 11 is 0. The van der Waals surface area contributed by atoms with E-state index in [9.17, 15) is 41.0 Å². The van der Waals surface area contributed by atoms with Crippen LogP contribution in [0.3, 0.4) is 0 Å². The van der Waals surface area contributed by atoms with Crippen LogP contribution in [0.5, 0.6) is 0 Å². The predicted octanol–water partition coefficient (Wildman–Crippen LogP) is 3.93. The second-order valence-corrected chi connectivity index (χ2v) is 8.12. The molecule has 0 aromatic heterocycles. The number of hydrogen-bond acceptors (Lipinski definition) is 5. The Bertz CT molecular complexity index is 919. The number of fused-ring (bicyclic) bond motifs is 1. The number of likely N-dealkylation sites (tertiary alicyclic amines) is 1. The van der Waals surface area contributed by atoms with E-state index in [1.807, 2.05) is 23.5 Å². The third-order valence-electron chi connectivity index (χ3n) is 5.90. The van der Waals surface area contributed by atoms with Crippen molar-refractivity contribution in [3.05, 3.63) is 41.0 Å². The van der Waals surface area contributed by atoms with Crippen LogP contribution in [0.15, 0.2) is 24.3 Å². The van der Waals surface area contributed by atoms with Gasteiger partial charge in [0.25, 0.3) is 0 Å². The van der Waals surface area contributed by atoms with Gasteiger partial charge in [0.15, 0.2) is 0 Å². The van der Waals surface area contributed by atoms with E-state index in [0.717, 1.165) is 24.0 Å². The largest absolute Gasteiger partial charge is 0.508 e. The van der Waals surface area contributed by atoms with Crippen molar-refractivity contribution in [2.75, 3.05) is 33.3 Å². The van der Waals surface area contributed by atoms with Crippen LogP contribution in [0.1, 0.15) is 29.5 Å². The summed E-state index contributed by atoms with van der Waals surface area (Å²) in [4.78, 5) is 23.6. The maximum atomic E-state index is 13.3. The lowest BCUT2D eigenvalue weighted by atomic mass is 9.76. The molecular weight excluding hydrogens is 470 g/mol. The SMILES string of the molecule is COC(=O)CNC(=O)C1(C(F)(F)F)CCN(CC(F)(F)F)CC1.Cc1cccc2c1CC=C2O. The number of aryl methyl sites for hydroxylation is 1. The van der Waals surface area contributed by atoms with Crippen LogP contribution in [-0.4, -0.2) is 67.5 Å². The van der Waals surface area contributed by atoms with Gasteiger partial charge in [-0.05, 0) is 56.5 Å². The van der Waals surface area contributed by atoms with Crippen LogP contribution in [0.4, 0.5) is 26.3 Å². The molecule has 12 heteroatoms. The minimum Gasteiger partial charge on any atom is -0.508 e. The van der Waals surface area contributed by atoms with E-state index in [4.69, 9.17) is 0 Å². The Morgan fingerprint density at radius 1 is 1.15 bits per heavy atom. The maximum absolute atomic E-state index is 13.3. The van der Waals surface area contributed by atoms with Gasteiger partial charge in [-0.2, -0.15) is 26.3 Å². The van der Waals surface area contributed by atoms with E-state index in [0.29, 0.717) is 5.76 Å². The molecule has 1 saturated heterocycles. The first kappa shape index (κ1) is 27.5. The van der Waals surface area contributed by atoms with E-state index in [1.165, 1.54) is 11.1 Å². The number of alkyl halides is 6. The lowest BCUT2D eigenvalue weighted by Gasteiger charge is -2.41. The Kier molecular flexibility index (Phi) is 8.62. The number of nitrogens with one attached hydrogen (secondary N) is 1. The van der Waals surface area contributed by atoms with Gasteiger partial charge in [0.2, 0.25) is 5.91 Å². The summed E-state index contributed by atoms with van der Waals surface area (Å²) < 4.78 is 80.9. The highest BCUT2D eigenvalue weighted by atomic mass is 19.4. The smallest absolute Gasteiger partial charge is 0.403 e. The minimum atomic E-state index is -4.93. The molecule has 1 aliphatic heterocycles. The Morgan fingerprint density at radius 3 is 2.26 bits per heavy atom. The summed E-state index contributed by atoms with van der Waals surface area (Å²) in [5.74, 6) is -1.92. The molecule has 0 atom stereocenters. The fraction of sp³-hybridized carbons (Fsp3) is 0.545. The van der Waals surface area contributed by atoms with Gasteiger partial charge in [-0.25, -0.2) is 0 Å².